The molecule has 2 aromatic heterocycles. The number of aromatic nitrogens is 4. The number of anilines is 1. The Hall–Kier alpha value is -6.36. The van der Waals surface area contributed by atoms with Gasteiger partial charge in [0.2, 0.25) is 17.7 Å². The third-order valence-electron chi connectivity index (χ3n) is 13.5. The van der Waals surface area contributed by atoms with Crippen molar-refractivity contribution in [2.75, 3.05) is 58.3 Å². The predicted molar refractivity (Wildman–Crippen MR) is 236 cm³/mol. The van der Waals surface area contributed by atoms with Gasteiger partial charge in [-0.3, -0.25) is 34.1 Å². The molecule has 0 spiro atoms. The Morgan fingerprint density at radius 2 is 1.68 bits per heavy atom. The fraction of sp³-hybridized carbons (Fsp3) is 0.417. The molecule has 0 radical (unpaired) electrons. The number of hydrogen-bond donors (Lipinski definition) is 2. The van der Waals surface area contributed by atoms with Crippen LogP contribution >= 0.6 is 0 Å². The van der Waals surface area contributed by atoms with Crippen molar-refractivity contribution in [2.24, 2.45) is 0 Å². The number of halogens is 4. The van der Waals surface area contributed by atoms with Crippen LogP contribution in [-0.2, 0) is 20.9 Å². The number of piperidine rings is 3. The number of benzene rings is 3. The fourth-order valence-electron chi connectivity index (χ4n) is 10.0. The Bertz CT molecular complexity index is 2660. The van der Waals surface area contributed by atoms with Crippen molar-refractivity contribution in [2.45, 2.75) is 75.3 Å². The topological polar surface area (TPSA) is 140 Å². The Labute approximate surface area is 373 Å². The maximum Gasteiger partial charge on any atom is 0.280 e. The Balaban J connectivity index is 0.878. The zero-order valence-electron chi connectivity index (χ0n) is 36.3. The number of rotatable bonds is 10. The first-order valence-electron chi connectivity index (χ1n) is 22.2. The molecule has 0 saturated carbocycles. The van der Waals surface area contributed by atoms with Gasteiger partial charge in [-0.15, -0.1) is 5.10 Å². The van der Waals surface area contributed by atoms with Gasteiger partial charge < -0.3 is 19.7 Å². The lowest BCUT2D eigenvalue weighted by Gasteiger charge is -2.46. The molecule has 65 heavy (non-hydrogen) atoms. The van der Waals surface area contributed by atoms with Crippen LogP contribution in [0.15, 0.2) is 73.1 Å². The van der Waals surface area contributed by atoms with Crippen LogP contribution < -0.4 is 10.2 Å². The maximum absolute atomic E-state index is 16.6. The number of hydrogen-bond acceptors (Lipinski definition) is 8. The van der Waals surface area contributed by atoms with Gasteiger partial charge in [-0.1, -0.05) is 41.6 Å². The molecule has 2 atom stereocenters. The second-order valence-electron chi connectivity index (χ2n) is 17.8. The molecule has 340 valence electrons. The highest BCUT2D eigenvalue weighted by Gasteiger charge is 2.48. The summed E-state index contributed by atoms with van der Waals surface area (Å²) >= 11 is 0. The lowest BCUT2D eigenvalue weighted by atomic mass is 9.86. The minimum Gasteiger partial charge on any atom is -0.363 e. The third-order valence-corrected chi connectivity index (χ3v) is 13.5. The number of likely N-dealkylation sites (tertiary alicyclic amines) is 1. The molecular formula is C48H51F4N9O4. The summed E-state index contributed by atoms with van der Waals surface area (Å²) in [6.45, 7) is 1.69. The summed E-state index contributed by atoms with van der Waals surface area (Å²) in [4.78, 5) is 59.7. The second kappa shape index (κ2) is 17.9. The third kappa shape index (κ3) is 8.89. The first-order chi connectivity index (χ1) is 31.2. The molecule has 3 aromatic carbocycles. The summed E-state index contributed by atoms with van der Waals surface area (Å²) in [5.74, 6) is -6.04. The van der Waals surface area contributed by atoms with Crippen LogP contribution in [0.4, 0.5) is 23.2 Å². The highest BCUT2D eigenvalue weighted by Crippen LogP contribution is 2.41. The van der Waals surface area contributed by atoms with E-state index in [-0.39, 0.29) is 79.3 Å². The van der Waals surface area contributed by atoms with Gasteiger partial charge in [-0.05, 0) is 103 Å². The van der Waals surface area contributed by atoms with Gasteiger partial charge in [0.25, 0.3) is 11.8 Å². The van der Waals surface area contributed by atoms with Crippen LogP contribution in [0.3, 0.4) is 0 Å². The lowest BCUT2D eigenvalue weighted by molar-refractivity contribution is -0.134. The van der Waals surface area contributed by atoms with Crippen molar-refractivity contribution in [1.29, 1.82) is 0 Å². The van der Waals surface area contributed by atoms with Crippen molar-refractivity contribution in [3.63, 3.8) is 0 Å². The van der Waals surface area contributed by atoms with Gasteiger partial charge >= 0.3 is 0 Å². The number of carbonyl (C=O) groups excluding carboxylic acids is 4. The SMILES string of the molecule is CN(C)C(=O)c1cc2c(-c3ccc(C4CCN([C@@H]5CCN(c6ccc(C7CCC(=O)NC7=O)cc6F)CC5(F)F)CC4)cc3)cc(C3=CCCN(C(=O)CCn4ccnn4)C3)c(F)c2[nH]1. The maximum atomic E-state index is 16.6. The molecule has 0 bridgehead atoms. The first-order valence-corrected chi connectivity index (χ1v) is 22.2. The average molecular weight is 894 g/mol. The van der Waals surface area contributed by atoms with Gasteiger partial charge in [-0.2, -0.15) is 0 Å². The summed E-state index contributed by atoms with van der Waals surface area (Å²) in [6, 6.07) is 14.8. The van der Waals surface area contributed by atoms with E-state index in [0.29, 0.717) is 67.5 Å². The van der Waals surface area contributed by atoms with Crippen LogP contribution in [0, 0.1) is 11.6 Å². The fourth-order valence-corrected chi connectivity index (χ4v) is 10.0. The van der Waals surface area contributed by atoms with E-state index in [1.54, 1.807) is 54.3 Å². The summed E-state index contributed by atoms with van der Waals surface area (Å²) in [7, 11) is 3.26. The van der Waals surface area contributed by atoms with E-state index in [0.717, 1.165) is 16.7 Å². The number of alkyl halides is 2. The molecule has 6 heterocycles. The number of H-pyrrole nitrogens is 1. The van der Waals surface area contributed by atoms with Crippen molar-refractivity contribution < 1.29 is 36.7 Å². The highest BCUT2D eigenvalue weighted by atomic mass is 19.3. The number of fused-ring (bicyclic) bond motifs is 1. The molecule has 3 saturated heterocycles. The van der Waals surface area contributed by atoms with Crippen molar-refractivity contribution in [1.82, 2.24) is 40.0 Å². The highest BCUT2D eigenvalue weighted by molar-refractivity contribution is 6.04. The molecule has 9 rings (SSSR count). The predicted octanol–water partition coefficient (Wildman–Crippen LogP) is 6.73. The van der Waals surface area contributed by atoms with Gasteiger partial charge in [-0.25, -0.2) is 17.6 Å². The van der Waals surface area contributed by atoms with Crippen molar-refractivity contribution >= 4 is 45.8 Å². The number of aryl methyl sites for hydroxylation is 1. The zero-order valence-corrected chi connectivity index (χ0v) is 36.3. The number of amides is 4. The van der Waals surface area contributed by atoms with Crippen molar-refractivity contribution in [3.05, 3.63) is 107 Å². The summed E-state index contributed by atoms with van der Waals surface area (Å²) < 4.78 is 65.5. The van der Waals surface area contributed by atoms with Crippen LogP contribution in [-0.4, -0.2) is 124 Å². The number of imide groups is 1. The van der Waals surface area contributed by atoms with Crippen LogP contribution in [0.2, 0.25) is 0 Å². The minimum atomic E-state index is -3.10. The van der Waals surface area contributed by atoms with E-state index in [4.69, 9.17) is 0 Å². The largest absolute Gasteiger partial charge is 0.363 e. The first kappa shape index (κ1) is 43.9. The number of carbonyl (C=O) groups is 4. The molecule has 0 aliphatic carbocycles. The van der Waals surface area contributed by atoms with E-state index >= 15 is 17.6 Å². The van der Waals surface area contributed by atoms with Crippen molar-refractivity contribution in [3.8, 4) is 11.1 Å². The standard InChI is InChI=1S/C48H51F4N9O4/c1-57(2)47(65)39-26-37-35(25-36(44(50)45(37)54-39)33-4-3-18-59(27-33)43(63)16-22-61-23-17-53-56-61)31-7-5-29(6-8-31)30-13-19-58(20-14-30)41-15-21-60(28-48(41,51)52)40-11-9-32(24-38(40)49)34-10-12-42(62)55-46(34)64/h4-9,11,17,23-26,30,34,41,54H,3,10,12-16,18-22,27-28H2,1-2H3,(H,55,62,64)/t34?,41-/m1/s1. The Morgan fingerprint density at radius 1 is 0.908 bits per heavy atom. The number of aromatic amines is 1. The monoisotopic (exact) mass is 893 g/mol. The van der Waals surface area contributed by atoms with Gasteiger partial charge in [0, 0.05) is 63.7 Å². The molecule has 1 unspecified atom stereocenters. The molecule has 3 fully saturated rings. The van der Waals surface area contributed by atoms with E-state index in [9.17, 15) is 19.2 Å². The van der Waals surface area contributed by atoms with Gasteiger partial charge in [0.15, 0.2) is 5.82 Å². The molecule has 2 N–H and O–H groups in total. The zero-order chi connectivity index (χ0) is 45.6. The normalized spacial score (nSPS) is 20.8. The molecule has 17 heteroatoms. The summed E-state index contributed by atoms with van der Waals surface area (Å²) in [5, 5.41) is 10.6. The molecule has 5 aromatic rings. The average Bonchev–Trinajstić information content (AvgIpc) is 4.00. The molecule has 4 aliphatic rings. The van der Waals surface area contributed by atoms with E-state index in [2.05, 4.69) is 20.6 Å². The Kier molecular flexibility index (Phi) is 12.1. The van der Waals surface area contributed by atoms with Crippen LogP contribution in [0.25, 0.3) is 27.6 Å². The van der Waals surface area contributed by atoms with E-state index in [1.165, 1.54) is 21.9 Å². The molecule has 4 amide bonds. The molecule has 4 aliphatic heterocycles. The Morgan fingerprint density at radius 3 is 2.37 bits per heavy atom. The van der Waals surface area contributed by atoms with E-state index in [1.807, 2.05) is 35.2 Å². The second-order valence-corrected chi connectivity index (χ2v) is 17.8. The number of nitrogens with zero attached hydrogens (tertiary/aromatic N) is 7. The van der Waals surface area contributed by atoms with E-state index < -0.39 is 42.0 Å². The molecular weight excluding hydrogens is 843 g/mol. The number of nitrogens with one attached hydrogen (secondary N) is 2. The van der Waals surface area contributed by atoms with Crippen LogP contribution in [0.5, 0.6) is 0 Å². The minimum absolute atomic E-state index is 0.0681. The van der Waals surface area contributed by atoms with Gasteiger partial charge in [0.1, 0.15) is 11.5 Å². The summed E-state index contributed by atoms with van der Waals surface area (Å²) in [5.41, 5.74) is 4.55. The molecule has 13 nitrogen and oxygen atoms in total. The lowest BCUT2D eigenvalue weighted by Crippen LogP contribution is -2.59. The van der Waals surface area contributed by atoms with Crippen LogP contribution in [0.1, 0.15) is 84.0 Å². The quantitative estimate of drug-likeness (QED) is 0.116. The summed E-state index contributed by atoms with van der Waals surface area (Å²) in [6.07, 6.45) is 7.92. The smallest absolute Gasteiger partial charge is 0.280 e. The van der Waals surface area contributed by atoms with Gasteiger partial charge in [0.05, 0.1) is 42.5 Å².